The van der Waals surface area contributed by atoms with Crippen molar-refractivity contribution < 1.29 is 22.8 Å². The molecule has 0 saturated carbocycles. The van der Waals surface area contributed by atoms with Crippen LogP contribution in [0.2, 0.25) is 0 Å². The molecule has 2 atom stereocenters. The summed E-state index contributed by atoms with van der Waals surface area (Å²) in [4.78, 5) is 28.6. The first-order valence-electron chi connectivity index (χ1n) is 9.66. The molecular formula is C24H24F3NO2. The summed E-state index contributed by atoms with van der Waals surface area (Å²) >= 11 is 0. The number of β-lactam (4-membered cyclic amide) rings is 1. The molecule has 1 saturated heterocycles. The summed E-state index contributed by atoms with van der Waals surface area (Å²) in [5, 5.41) is 0. The van der Waals surface area contributed by atoms with Gasteiger partial charge < -0.3 is 4.90 Å². The number of alkyl halides is 3. The van der Waals surface area contributed by atoms with E-state index in [0.29, 0.717) is 11.1 Å². The quantitative estimate of drug-likeness (QED) is 0.267. The van der Waals surface area contributed by atoms with Gasteiger partial charge in [0.05, 0.1) is 11.6 Å². The third-order valence-electron chi connectivity index (χ3n) is 5.51. The molecule has 0 spiro atoms. The zero-order valence-corrected chi connectivity index (χ0v) is 17.2. The van der Waals surface area contributed by atoms with Crippen LogP contribution in [-0.2, 0) is 11.0 Å². The number of amides is 1. The summed E-state index contributed by atoms with van der Waals surface area (Å²) in [6.07, 6.45) is -2.84. The van der Waals surface area contributed by atoms with Crippen molar-refractivity contribution in [3.8, 4) is 0 Å². The van der Waals surface area contributed by atoms with Gasteiger partial charge in [-0.05, 0) is 44.9 Å². The lowest BCUT2D eigenvalue weighted by Crippen LogP contribution is -2.71. The van der Waals surface area contributed by atoms with E-state index in [9.17, 15) is 22.8 Å². The molecule has 0 unspecified atom stereocenters. The topological polar surface area (TPSA) is 37.4 Å². The second-order valence-corrected chi connectivity index (χ2v) is 8.53. The van der Waals surface area contributed by atoms with Crippen molar-refractivity contribution in [2.75, 3.05) is 0 Å². The number of Topliss-reactive ketones (excluding diaryl/α,β-unsaturated/α-hetero) is 1. The van der Waals surface area contributed by atoms with Gasteiger partial charge in [0.15, 0.2) is 5.78 Å². The van der Waals surface area contributed by atoms with E-state index in [1.54, 1.807) is 35.2 Å². The van der Waals surface area contributed by atoms with E-state index in [2.05, 4.69) is 6.58 Å². The van der Waals surface area contributed by atoms with Gasteiger partial charge >= 0.3 is 6.18 Å². The minimum atomic E-state index is -4.46. The van der Waals surface area contributed by atoms with Gasteiger partial charge in [0, 0.05) is 11.1 Å². The predicted molar refractivity (Wildman–Crippen MR) is 109 cm³/mol. The Morgan fingerprint density at radius 1 is 1.07 bits per heavy atom. The van der Waals surface area contributed by atoms with E-state index in [1.165, 1.54) is 18.2 Å². The van der Waals surface area contributed by atoms with Crippen LogP contribution in [0.5, 0.6) is 0 Å². The van der Waals surface area contributed by atoms with Crippen LogP contribution in [-0.4, -0.2) is 22.1 Å². The molecule has 1 aliphatic heterocycles. The minimum Gasteiger partial charge on any atom is -0.328 e. The summed E-state index contributed by atoms with van der Waals surface area (Å²) in [5.41, 5.74) is -1.95. The molecule has 0 bridgehead atoms. The number of benzene rings is 2. The van der Waals surface area contributed by atoms with Crippen LogP contribution >= 0.6 is 0 Å². The molecule has 1 fully saturated rings. The zero-order valence-electron chi connectivity index (χ0n) is 17.2. The van der Waals surface area contributed by atoms with Gasteiger partial charge in [0.2, 0.25) is 5.91 Å². The minimum absolute atomic E-state index is 0.0951. The average Bonchev–Trinajstić information content (AvgIpc) is 2.68. The zero-order chi connectivity index (χ0) is 22.3. The molecular weight excluding hydrogens is 391 g/mol. The fourth-order valence-corrected chi connectivity index (χ4v) is 4.17. The van der Waals surface area contributed by atoms with Gasteiger partial charge in [0.1, 0.15) is 5.41 Å². The fourth-order valence-electron chi connectivity index (χ4n) is 4.17. The Balaban J connectivity index is 2.16. The Hall–Kier alpha value is -2.89. The molecule has 3 rings (SSSR count). The maximum Gasteiger partial charge on any atom is 0.416 e. The number of halogens is 3. The molecule has 2 aromatic rings. The van der Waals surface area contributed by atoms with Crippen LogP contribution in [0.15, 0.2) is 67.3 Å². The molecule has 158 valence electrons. The number of likely N-dealkylation sites (tertiary alicyclic amines) is 1. The highest BCUT2D eigenvalue weighted by atomic mass is 19.4. The number of ketones is 1. The fraction of sp³-hybridized carbons (Fsp3) is 0.333. The lowest BCUT2D eigenvalue weighted by molar-refractivity contribution is -0.177. The number of allylic oxidation sites excluding steroid dienone is 1. The van der Waals surface area contributed by atoms with Gasteiger partial charge in [-0.2, -0.15) is 13.2 Å². The summed E-state index contributed by atoms with van der Waals surface area (Å²) in [6.45, 7) is 9.25. The first kappa shape index (κ1) is 21.8. The van der Waals surface area contributed by atoms with Crippen molar-refractivity contribution >= 4 is 11.7 Å². The van der Waals surface area contributed by atoms with Crippen molar-refractivity contribution in [2.45, 2.75) is 44.9 Å². The molecule has 0 radical (unpaired) electrons. The van der Waals surface area contributed by atoms with Crippen LogP contribution in [0.4, 0.5) is 13.2 Å². The molecule has 30 heavy (non-hydrogen) atoms. The second-order valence-electron chi connectivity index (χ2n) is 8.53. The SMILES string of the molecule is C=CC[C@]1(C(=O)c2ccccc2)C(=O)N(C(C)(C)C)[C@H]1c1ccc(C(F)(F)F)cc1. The second kappa shape index (κ2) is 7.42. The number of hydrogen-bond acceptors (Lipinski definition) is 2. The number of carbonyl (C=O) groups is 2. The lowest BCUT2D eigenvalue weighted by atomic mass is 9.60. The molecule has 6 heteroatoms. The lowest BCUT2D eigenvalue weighted by Gasteiger charge is -2.60. The monoisotopic (exact) mass is 415 g/mol. The van der Waals surface area contributed by atoms with Gasteiger partial charge in [-0.25, -0.2) is 0 Å². The first-order valence-corrected chi connectivity index (χ1v) is 9.66. The van der Waals surface area contributed by atoms with E-state index in [-0.39, 0.29) is 18.1 Å². The molecule has 3 nitrogen and oxygen atoms in total. The summed E-state index contributed by atoms with van der Waals surface area (Å²) in [6, 6.07) is 12.5. The Labute approximate surface area is 174 Å². The van der Waals surface area contributed by atoms with Gasteiger partial charge in [-0.1, -0.05) is 48.5 Å². The number of hydrogen-bond donors (Lipinski definition) is 0. The van der Waals surface area contributed by atoms with Crippen molar-refractivity contribution in [1.82, 2.24) is 4.90 Å². The summed E-state index contributed by atoms with van der Waals surface area (Å²) in [7, 11) is 0. The van der Waals surface area contributed by atoms with Crippen LogP contribution < -0.4 is 0 Å². The third-order valence-corrected chi connectivity index (χ3v) is 5.51. The molecule has 1 heterocycles. The molecule has 2 aromatic carbocycles. The van der Waals surface area contributed by atoms with E-state index >= 15 is 0 Å². The Morgan fingerprint density at radius 3 is 2.10 bits per heavy atom. The van der Waals surface area contributed by atoms with Gasteiger partial charge in [-0.3, -0.25) is 9.59 Å². The van der Waals surface area contributed by atoms with E-state index < -0.39 is 28.7 Å². The molecule has 0 aliphatic carbocycles. The normalized spacial score (nSPS) is 21.9. The molecule has 1 amide bonds. The van der Waals surface area contributed by atoms with E-state index in [0.717, 1.165) is 12.1 Å². The third kappa shape index (κ3) is 3.44. The number of carbonyl (C=O) groups excluding carboxylic acids is 2. The van der Waals surface area contributed by atoms with E-state index in [1.807, 2.05) is 20.8 Å². The Kier molecular flexibility index (Phi) is 5.39. The highest BCUT2D eigenvalue weighted by Gasteiger charge is 2.67. The largest absolute Gasteiger partial charge is 0.416 e. The molecule has 0 aromatic heterocycles. The standard InChI is InChI=1S/C24H24F3NO2/c1-5-15-23(20(29)17-9-7-6-8-10-17)19(28(21(23)30)22(2,3)4)16-11-13-18(14-12-16)24(25,26)27/h5-14,19H,1,15H2,2-4H3/t19-,23-/m0/s1. The maximum absolute atomic E-state index is 13.6. The maximum atomic E-state index is 13.6. The smallest absolute Gasteiger partial charge is 0.328 e. The number of nitrogens with zero attached hydrogens (tertiary/aromatic N) is 1. The van der Waals surface area contributed by atoms with E-state index in [4.69, 9.17) is 0 Å². The Bertz CT molecular complexity index is 959. The summed E-state index contributed by atoms with van der Waals surface area (Å²) < 4.78 is 39.1. The van der Waals surface area contributed by atoms with Crippen molar-refractivity contribution in [1.29, 1.82) is 0 Å². The molecule has 0 N–H and O–H groups in total. The van der Waals surface area contributed by atoms with Crippen LogP contribution in [0.25, 0.3) is 0 Å². The first-order chi connectivity index (χ1) is 13.9. The van der Waals surface area contributed by atoms with Crippen LogP contribution in [0.1, 0.15) is 54.7 Å². The van der Waals surface area contributed by atoms with Gasteiger partial charge in [-0.15, -0.1) is 6.58 Å². The average molecular weight is 415 g/mol. The summed E-state index contributed by atoms with van der Waals surface area (Å²) in [5.74, 6) is -0.688. The van der Waals surface area contributed by atoms with Crippen LogP contribution in [0, 0.1) is 5.41 Å². The van der Waals surface area contributed by atoms with Crippen molar-refractivity contribution in [3.05, 3.63) is 83.9 Å². The highest BCUT2D eigenvalue weighted by molar-refractivity contribution is 6.18. The predicted octanol–water partition coefficient (Wildman–Crippen LogP) is 5.83. The Morgan fingerprint density at radius 2 is 1.63 bits per heavy atom. The number of rotatable bonds is 5. The molecule has 1 aliphatic rings. The van der Waals surface area contributed by atoms with Crippen LogP contribution in [0.3, 0.4) is 0 Å². The van der Waals surface area contributed by atoms with Crippen molar-refractivity contribution in [2.24, 2.45) is 5.41 Å². The van der Waals surface area contributed by atoms with Gasteiger partial charge in [0.25, 0.3) is 0 Å². The highest BCUT2D eigenvalue weighted by Crippen LogP contribution is 2.57. The van der Waals surface area contributed by atoms with Crippen molar-refractivity contribution in [3.63, 3.8) is 0 Å².